The topological polar surface area (TPSA) is 88.2 Å². The Kier molecular flexibility index (Phi) is 7.54. The number of hydrogen-bond acceptors (Lipinski definition) is 5. The zero-order chi connectivity index (χ0) is 21.5. The van der Waals surface area contributed by atoms with Crippen LogP contribution in [0.4, 0.5) is 5.69 Å². The minimum atomic E-state index is -0.457. The first kappa shape index (κ1) is 21.9. The van der Waals surface area contributed by atoms with Crippen molar-refractivity contribution in [1.82, 2.24) is 10.2 Å². The molecule has 1 N–H and O–H groups in total. The monoisotopic (exact) mass is 417 g/mol. The fourth-order valence-electron chi connectivity index (χ4n) is 4.04. The molecule has 8 nitrogen and oxygen atoms in total. The first-order valence-electron chi connectivity index (χ1n) is 10.6. The van der Waals surface area contributed by atoms with Gasteiger partial charge in [0, 0.05) is 45.1 Å². The Morgan fingerprint density at radius 2 is 1.83 bits per heavy atom. The number of amides is 3. The lowest BCUT2D eigenvalue weighted by Gasteiger charge is -2.21. The first-order chi connectivity index (χ1) is 14.5. The molecule has 0 saturated carbocycles. The molecule has 3 rings (SSSR count). The minimum Gasteiger partial charge on any atom is -0.497 e. The summed E-state index contributed by atoms with van der Waals surface area (Å²) in [6.45, 7) is 2.18. The summed E-state index contributed by atoms with van der Waals surface area (Å²) in [5.41, 5.74) is 0.591. The molecule has 0 spiro atoms. The van der Waals surface area contributed by atoms with Crippen molar-refractivity contribution in [2.24, 2.45) is 5.92 Å². The van der Waals surface area contributed by atoms with Crippen LogP contribution in [0.1, 0.15) is 38.5 Å². The van der Waals surface area contributed by atoms with E-state index in [9.17, 15) is 14.4 Å². The van der Waals surface area contributed by atoms with Crippen LogP contribution in [-0.2, 0) is 14.4 Å². The molecule has 1 aromatic carbocycles. The molecular formula is C22H31N3O5. The van der Waals surface area contributed by atoms with E-state index in [0.717, 1.165) is 25.9 Å². The molecule has 0 aromatic heterocycles. The maximum absolute atomic E-state index is 12.6. The lowest BCUT2D eigenvalue weighted by molar-refractivity contribution is -0.131. The van der Waals surface area contributed by atoms with Gasteiger partial charge in [-0.1, -0.05) is 12.8 Å². The molecule has 164 valence electrons. The second-order valence-corrected chi connectivity index (χ2v) is 7.78. The van der Waals surface area contributed by atoms with Crippen molar-refractivity contribution in [3.05, 3.63) is 18.2 Å². The van der Waals surface area contributed by atoms with Crippen LogP contribution in [0.25, 0.3) is 0 Å². The summed E-state index contributed by atoms with van der Waals surface area (Å²) in [6, 6.07) is 5.23. The third-order valence-corrected chi connectivity index (χ3v) is 5.77. The number of carbonyl (C=O) groups is 3. The third kappa shape index (κ3) is 5.23. The van der Waals surface area contributed by atoms with Crippen LogP contribution in [0.5, 0.6) is 11.5 Å². The van der Waals surface area contributed by atoms with Crippen LogP contribution < -0.4 is 19.7 Å². The Morgan fingerprint density at radius 3 is 2.50 bits per heavy atom. The van der Waals surface area contributed by atoms with Gasteiger partial charge < -0.3 is 24.6 Å². The molecule has 0 bridgehead atoms. The van der Waals surface area contributed by atoms with Crippen LogP contribution >= 0.6 is 0 Å². The van der Waals surface area contributed by atoms with Crippen LogP contribution in [0, 0.1) is 5.92 Å². The second-order valence-electron chi connectivity index (χ2n) is 7.78. The van der Waals surface area contributed by atoms with E-state index >= 15 is 0 Å². The Bertz CT molecular complexity index is 774. The molecule has 1 unspecified atom stereocenters. The standard InChI is InChI=1S/C22H31N3O5/c1-29-17-7-8-19(30-2)18(14-17)25-15-16(13-21(25)27)22(28)23-10-9-20(26)24-11-5-3-4-6-12-24/h7-8,14,16H,3-6,9-13,15H2,1-2H3,(H,23,28). The molecule has 2 aliphatic rings. The summed E-state index contributed by atoms with van der Waals surface area (Å²) in [7, 11) is 3.10. The number of nitrogens with one attached hydrogen (secondary N) is 1. The number of methoxy groups -OCH3 is 2. The van der Waals surface area contributed by atoms with Gasteiger partial charge in [0.05, 0.1) is 25.8 Å². The highest BCUT2D eigenvalue weighted by Crippen LogP contribution is 2.36. The molecule has 2 heterocycles. The maximum Gasteiger partial charge on any atom is 0.227 e. The van der Waals surface area contributed by atoms with E-state index in [4.69, 9.17) is 9.47 Å². The predicted molar refractivity (Wildman–Crippen MR) is 113 cm³/mol. The minimum absolute atomic E-state index is 0.0856. The number of anilines is 1. The van der Waals surface area contributed by atoms with E-state index in [1.807, 2.05) is 4.90 Å². The van der Waals surface area contributed by atoms with E-state index < -0.39 is 5.92 Å². The second kappa shape index (κ2) is 10.3. The summed E-state index contributed by atoms with van der Waals surface area (Å²) in [5, 5.41) is 2.83. The number of benzene rings is 1. The van der Waals surface area contributed by atoms with Crippen molar-refractivity contribution < 1.29 is 23.9 Å². The van der Waals surface area contributed by atoms with Crippen molar-refractivity contribution in [2.45, 2.75) is 38.5 Å². The molecule has 3 amide bonds. The zero-order valence-electron chi connectivity index (χ0n) is 17.8. The van der Waals surface area contributed by atoms with Gasteiger partial charge in [0.1, 0.15) is 11.5 Å². The Labute approximate surface area is 177 Å². The van der Waals surface area contributed by atoms with E-state index in [0.29, 0.717) is 30.2 Å². The highest BCUT2D eigenvalue weighted by atomic mass is 16.5. The first-order valence-corrected chi connectivity index (χ1v) is 10.6. The van der Waals surface area contributed by atoms with Crippen molar-refractivity contribution in [3.8, 4) is 11.5 Å². The molecule has 30 heavy (non-hydrogen) atoms. The van der Waals surface area contributed by atoms with Gasteiger partial charge in [-0.15, -0.1) is 0 Å². The fraction of sp³-hybridized carbons (Fsp3) is 0.591. The van der Waals surface area contributed by atoms with Crippen molar-refractivity contribution >= 4 is 23.4 Å². The molecule has 2 aliphatic heterocycles. The summed E-state index contributed by atoms with van der Waals surface area (Å²) in [5.74, 6) is 0.453. The van der Waals surface area contributed by atoms with Gasteiger partial charge in [-0.3, -0.25) is 14.4 Å². The maximum atomic E-state index is 12.6. The molecule has 1 aromatic rings. The molecule has 8 heteroatoms. The number of likely N-dealkylation sites (tertiary alicyclic amines) is 1. The van der Waals surface area contributed by atoms with Crippen LogP contribution in [0.3, 0.4) is 0 Å². The fourth-order valence-corrected chi connectivity index (χ4v) is 4.04. The number of hydrogen-bond donors (Lipinski definition) is 1. The van der Waals surface area contributed by atoms with Crippen LogP contribution in [0.2, 0.25) is 0 Å². The zero-order valence-corrected chi connectivity index (χ0v) is 17.8. The Hall–Kier alpha value is -2.77. The number of rotatable bonds is 7. The molecule has 2 saturated heterocycles. The SMILES string of the molecule is COc1ccc(OC)c(N2CC(C(=O)NCCC(=O)N3CCCCCC3)CC2=O)c1. The highest BCUT2D eigenvalue weighted by Gasteiger charge is 2.36. The number of ether oxygens (including phenoxy) is 2. The Balaban J connectivity index is 1.53. The average Bonchev–Trinajstić information content (AvgIpc) is 2.96. The van der Waals surface area contributed by atoms with Crippen molar-refractivity contribution in [3.63, 3.8) is 0 Å². The number of nitrogens with zero attached hydrogens (tertiary/aromatic N) is 2. The molecule has 2 fully saturated rings. The van der Waals surface area contributed by atoms with E-state index in [2.05, 4.69) is 5.32 Å². The van der Waals surface area contributed by atoms with Crippen molar-refractivity contribution in [1.29, 1.82) is 0 Å². The molecule has 1 atom stereocenters. The number of carbonyl (C=O) groups excluding carboxylic acids is 3. The summed E-state index contributed by atoms with van der Waals surface area (Å²) >= 11 is 0. The van der Waals surface area contributed by atoms with Crippen LogP contribution in [0.15, 0.2) is 18.2 Å². The predicted octanol–water partition coefficient (Wildman–Crippen LogP) is 1.97. The van der Waals surface area contributed by atoms with Gasteiger partial charge in [-0.2, -0.15) is 0 Å². The normalized spacial score (nSPS) is 19.4. The van der Waals surface area contributed by atoms with E-state index in [1.54, 1.807) is 30.2 Å². The average molecular weight is 418 g/mol. The van der Waals surface area contributed by atoms with Gasteiger partial charge >= 0.3 is 0 Å². The van der Waals surface area contributed by atoms with Gasteiger partial charge in [-0.05, 0) is 25.0 Å². The molecular weight excluding hydrogens is 386 g/mol. The summed E-state index contributed by atoms with van der Waals surface area (Å²) in [4.78, 5) is 41.0. The van der Waals surface area contributed by atoms with E-state index in [-0.39, 0.29) is 30.7 Å². The van der Waals surface area contributed by atoms with Crippen molar-refractivity contribution in [2.75, 3.05) is 45.3 Å². The quantitative estimate of drug-likeness (QED) is 0.733. The van der Waals surface area contributed by atoms with Gasteiger partial charge in [0.2, 0.25) is 17.7 Å². The van der Waals surface area contributed by atoms with Crippen LogP contribution in [-0.4, -0.2) is 63.0 Å². The Morgan fingerprint density at radius 1 is 1.10 bits per heavy atom. The molecule has 0 radical (unpaired) electrons. The molecule has 0 aliphatic carbocycles. The smallest absolute Gasteiger partial charge is 0.227 e. The lowest BCUT2D eigenvalue weighted by atomic mass is 10.1. The highest BCUT2D eigenvalue weighted by molar-refractivity contribution is 6.01. The lowest BCUT2D eigenvalue weighted by Crippen LogP contribution is -2.37. The largest absolute Gasteiger partial charge is 0.497 e. The van der Waals surface area contributed by atoms with Gasteiger partial charge in [-0.25, -0.2) is 0 Å². The third-order valence-electron chi connectivity index (χ3n) is 5.77. The van der Waals surface area contributed by atoms with Gasteiger partial charge in [0.15, 0.2) is 0 Å². The van der Waals surface area contributed by atoms with Gasteiger partial charge in [0.25, 0.3) is 0 Å². The summed E-state index contributed by atoms with van der Waals surface area (Å²) < 4.78 is 10.6. The summed E-state index contributed by atoms with van der Waals surface area (Å²) in [6.07, 6.45) is 4.86. The van der Waals surface area contributed by atoms with E-state index in [1.165, 1.54) is 20.0 Å².